The summed E-state index contributed by atoms with van der Waals surface area (Å²) in [5.41, 5.74) is 1.76. The van der Waals surface area contributed by atoms with Crippen molar-refractivity contribution in [1.82, 2.24) is 15.1 Å². The highest BCUT2D eigenvalue weighted by Gasteiger charge is 2.36. The molecule has 7 nitrogen and oxygen atoms in total. The first-order chi connectivity index (χ1) is 12.1. The molecular weight excluding hydrogens is 320 g/mol. The van der Waals surface area contributed by atoms with Crippen LogP contribution in [0.3, 0.4) is 0 Å². The zero-order valence-electron chi connectivity index (χ0n) is 14.4. The lowest BCUT2D eigenvalue weighted by molar-refractivity contribution is -0.126. The van der Waals surface area contributed by atoms with Gasteiger partial charge >= 0.3 is 0 Å². The molecule has 0 bridgehead atoms. The Bertz CT molecular complexity index is 771. The molecule has 7 heteroatoms. The summed E-state index contributed by atoms with van der Waals surface area (Å²) in [5, 5.41) is 7.02. The van der Waals surface area contributed by atoms with E-state index in [1.807, 2.05) is 37.4 Å². The molecule has 1 fully saturated rings. The van der Waals surface area contributed by atoms with E-state index in [-0.39, 0.29) is 24.2 Å². The highest BCUT2D eigenvalue weighted by Crippen LogP contribution is 2.32. The minimum absolute atomic E-state index is 0.0590. The van der Waals surface area contributed by atoms with Crippen molar-refractivity contribution in [3.05, 3.63) is 42.2 Å². The van der Waals surface area contributed by atoms with Crippen LogP contribution in [0.4, 0.5) is 5.69 Å². The van der Waals surface area contributed by atoms with E-state index in [0.717, 1.165) is 5.69 Å². The summed E-state index contributed by atoms with van der Waals surface area (Å²) >= 11 is 0. The van der Waals surface area contributed by atoms with E-state index < -0.39 is 0 Å². The third-order valence-corrected chi connectivity index (χ3v) is 4.47. The van der Waals surface area contributed by atoms with Gasteiger partial charge in [-0.2, -0.15) is 5.10 Å². The number of nitrogens with zero attached hydrogens (tertiary/aromatic N) is 3. The largest absolute Gasteiger partial charge is 0.495 e. The Balaban J connectivity index is 1.58. The summed E-state index contributed by atoms with van der Waals surface area (Å²) in [7, 11) is 3.44. The van der Waals surface area contributed by atoms with E-state index in [2.05, 4.69) is 10.4 Å². The molecular formula is C18H22N4O3. The van der Waals surface area contributed by atoms with Crippen molar-refractivity contribution in [2.45, 2.75) is 12.8 Å². The first-order valence-electron chi connectivity index (χ1n) is 8.28. The quantitative estimate of drug-likeness (QED) is 0.854. The van der Waals surface area contributed by atoms with Crippen molar-refractivity contribution in [2.24, 2.45) is 13.0 Å². The number of hydrogen-bond donors (Lipinski definition) is 1. The number of anilines is 1. The maximum atomic E-state index is 12.4. The second kappa shape index (κ2) is 7.38. The van der Waals surface area contributed by atoms with E-state index in [1.165, 1.54) is 0 Å². The van der Waals surface area contributed by atoms with Crippen LogP contribution in [0.2, 0.25) is 0 Å². The molecule has 1 unspecified atom stereocenters. The fraction of sp³-hybridized carbons (Fsp3) is 0.389. The first kappa shape index (κ1) is 17.0. The lowest BCUT2D eigenvalue weighted by Gasteiger charge is -2.19. The lowest BCUT2D eigenvalue weighted by atomic mass is 10.1. The molecule has 1 saturated heterocycles. The zero-order chi connectivity index (χ0) is 17.8. The maximum absolute atomic E-state index is 12.4. The van der Waals surface area contributed by atoms with Gasteiger partial charge in [0.25, 0.3) is 0 Å². The van der Waals surface area contributed by atoms with Gasteiger partial charge in [-0.1, -0.05) is 12.1 Å². The number of benzene rings is 1. The molecule has 2 amide bonds. The smallest absolute Gasteiger partial charge is 0.227 e. The van der Waals surface area contributed by atoms with Gasteiger partial charge in [0.05, 0.1) is 18.7 Å². The fourth-order valence-corrected chi connectivity index (χ4v) is 3.07. The fourth-order valence-electron chi connectivity index (χ4n) is 3.07. The molecule has 0 saturated carbocycles. The number of aromatic nitrogens is 2. The number of methoxy groups -OCH3 is 1. The molecule has 3 rings (SSSR count). The molecule has 2 heterocycles. The van der Waals surface area contributed by atoms with Crippen molar-refractivity contribution >= 4 is 17.5 Å². The number of para-hydroxylation sites is 2. The van der Waals surface area contributed by atoms with E-state index >= 15 is 0 Å². The van der Waals surface area contributed by atoms with E-state index in [1.54, 1.807) is 22.9 Å². The molecule has 0 aliphatic carbocycles. The predicted molar refractivity (Wildman–Crippen MR) is 93.4 cm³/mol. The highest BCUT2D eigenvalue weighted by molar-refractivity contribution is 6.01. The Hall–Kier alpha value is -2.83. The number of nitrogens with one attached hydrogen (secondary N) is 1. The number of amides is 2. The minimum atomic E-state index is -0.344. The van der Waals surface area contributed by atoms with E-state index in [4.69, 9.17) is 4.74 Å². The van der Waals surface area contributed by atoms with Gasteiger partial charge in [-0.15, -0.1) is 0 Å². The van der Waals surface area contributed by atoms with Gasteiger partial charge in [0.2, 0.25) is 11.8 Å². The number of aryl methyl sites for hydroxylation is 1. The Labute approximate surface area is 146 Å². The van der Waals surface area contributed by atoms with Crippen molar-refractivity contribution in [3.63, 3.8) is 0 Å². The van der Waals surface area contributed by atoms with Crippen LogP contribution >= 0.6 is 0 Å². The van der Waals surface area contributed by atoms with E-state index in [9.17, 15) is 9.59 Å². The lowest BCUT2D eigenvalue weighted by Crippen LogP contribution is -2.34. The van der Waals surface area contributed by atoms with Crippen LogP contribution in [-0.2, 0) is 23.1 Å². The molecule has 1 aliphatic rings. The topological polar surface area (TPSA) is 76.5 Å². The van der Waals surface area contributed by atoms with Crippen molar-refractivity contribution < 1.29 is 14.3 Å². The van der Waals surface area contributed by atoms with Crippen molar-refractivity contribution in [3.8, 4) is 5.75 Å². The van der Waals surface area contributed by atoms with Crippen LogP contribution in [0.25, 0.3) is 0 Å². The van der Waals surface area contributed by atoms with Crippen molar-refractivity contribution in [2.75, 3.05) is 25.1 Å². The van der Waals surface area contributed by atoms with E-state index in [0.29, 0.717) is 30.9 Å². The van der Waals surface area contributed by atoms with Gasteiger partial charge in [-0.05, 0) is 18.2 Å². The summed E-state index contributed by atoms with van der Waals surface area (Å²) in [6, 6.07) is 9.27. The van der Waals surface area contributed by atoms with Gasteiger partial charge in [-0.25, -0.2) is 0 Å². The standard InChI is InChI=1S/C18H22N4O3/c1-21-14(8-10-20-21)7-9-19-18(24)13-11-17(23)22(12-13)15-5-3-4-6-16(15)25-2/h3-6,8,10,13H,7,9,11-12H2,1-2H3,(H,19,24). The summed E-state index contributed by atoms with van der Waals surface area (Å²) < 4.78 is 7.10. The zero-order valence-corrected chi connectivity index (χ0v) is 14.4. The molecule has 1 aromatic heterocycles. The average molecular weight is 342 g/mol. The normalized spacial score (nSPS) is 17.0. The van der Waals surface area contributed by atoms with Crippen LogP contribution in [0, 0.1) is 5.92 Å². The second-order valence-corrected chi connectivity index (χ2v) is 6.06. The molecule has 1 atom stereocenters. The molecule has 1 aromatic carbocycles. The van der Waals surface area contributed by atoms with Crippen LogP contribution in [0.15, 0.2) is 36.5 Å². The molecule has 1 N–H and O–H groups in total. The number of carbonyl (C=O) groups is 2. The second-order valence-electron chi connectivity index (χ2n) is 6.06. The predicted octanol–water partition coefficient (Wildman–Crippen LogP) is 1.14. The monoisotopic (exact) mass is 342 g/mol. The SMILES string of the molecule is COc1ccccc1N1CC(C(=O)NCCc2ccnn2C)CC1=O. The summed E-state index contributed by atoms with van der Waals surface area (Å²) in [6.45, 7) is 0.897. The molecule has 132 valence electrons. The van der Waals surface area contributed by atoms with Gasteiger partial charge in [0, 0.05) is 44.9 Å². The van der Waals surface area contributed by atoms with Crippen LogP contribution < -0.4 is 15.0 Å². The molecule has 0 spiro atoms. The number of rotatable bonds is 6. The summed E-state index contributed by atoms with van der Waals surface area (Å²) in [5.74, 6) is 0.140. The van der Waals surface area contributed by atoms with Gasteiger partial charge < -0.3 is 15.0 Å². The highest BCUT2D eigenvalue weighted by atomic mass is 16.5. The number of hydrogen-bond acceptors (Lipinski definition) is 4. The third kappa shape index (κ3) is 3.65. The molecule has 0 radical (unpaired) electrons. The van der Waals surface area contributed by atoms with Crippen LogP contribution in [0.1, 0.15) is 12.1 Å². The van der Waals surface area contributed by atoms with Gasteiger partial charge in [0.1, 0.15) is 5.75 Å². The Kier molecular flexibility index (Phi) is 5.02. The number of ether oxygens (including phenoxy) is 1. The van der Waals surface area contributed by atoms with Crippen molar-refractivity contribution in [1.29, 1.82) is 0 Å². The van der Waals surface area contributed by atoms with Gasteiger partial charge in [-0.3, -0.25) is 14.3 Å². The third-order valence-electron chi connectivity index (χ3n) is 4.47. The van der Waals surface area contributed by atoms with Crippen LogP contribution in [0.5, 0.6) is 5.75 Å². The Morgan fingerprint density at radius 2 is 2.16 bits per heavy atom. The Morgan fingerprint density at radius 1 is 1.36 bits per heavy atom. The Morgan fingerprint density at radius 3 is 2.88 bits per heavy atom. The maximum Gasteiger partial charge on any atom is 0.227 e. The van der Waals surface area contributed by atoms with Crippen LogP contribution in [-0.4, -0.2) is 41.8 Å². The first-order valence-corrected chi connectivity index (χ1v) is 8.28. The summed E-state index contributed by atoms with van der Waals surface area (Å²) in [4.78, 5) is 26.4. The number of carbonyl (C=O) groups excluding carboxylic acids is 2. The average Bonchev–Trinajstić information content (AvgIpc) is 3.20. The molecule has 2 aromatic rings. The van der Waals surface area contributed by atoms with Gasteiger partial charge in [0.15, 0.2) is 0 Å². The minimum Gasteiger partial charge on any atom is -0.495 e. The molecule has 1 aliphatic heterocycles. The molecule has 25 heavy (non-hydrogen) atoms. The summed E-state index contributed by atoms with van der Waals surface area (Å²) in [6.07, 6.45) is 2.66.